The van der Waals surface area contributed by atoms with E-state index in [0.717, 1.165) is 17.0 Å². The number of thioether (sulfide) groups is 1. The van der Waals surface area contributed by atoms with Crippen LogP contribution in [-0.4, -0.2) is 26.4 Å². The third-order valence-electron chi connectivity index (χ3n) is 3.71. The summed E-state index contributed by atoms with van der Waals surface area (Å²) in [6, 6.07) is 20.1. The van der Waals surface area contributed by atoms with Gasteiger partial charge in [0.2, 0.25) is 5.91 Å². The number of benzene rings is 2. The summed E-state index contributed by atoms with van der Waals surface area (Å²) in [7, 11) is 0. The fourth-order valence-corrected chi connectivity index (χ4v) is 3.28. The molecule has 0 spiro atoms. The molecule has 1 unspecified atom stereocenters. The van der Waals surface area contributed by atoms with Gasteiger partial charge >= 0.3 is 0 Å². The van der Waals surface area contributed by atoms with Crippen LogP contribution in [0.15, 0.2) is 65.8 Å². The molecule has 0 saturated heterocycles. The van der Waals surface area contributed by atoms with Gasteiger partial charge in [-0.05, 0) is 12.5 Å². The van der Waals surface area contributed by atoms with Gasteiger partial charge in [-0.3, -0.25) is 9.36 Å². The maximum atomic E-state index is 11.1. The van der Waals surface area contributed by atoms with Crippen LogP contribution < -0.4 is 5.73 Å². The monoisotopic (exact) mass is 338 g/mol. The Morgan fingerprint density at radius 1 is 1.08 bits per heavy atom. The Kier molecular flexibility index (Phi) is 4.96. The van der Waals surface area contributed by atoms with Crippen molar-refractivity contribution in [3.8, 4) is 11.4 Å². The van der Waals surface area contributed by atoms with Crippen LogP contribution >= 0.6 is 11.8 Å². The van der Waals surface area contributed by atoms with Crippen molar-refractivity contribution < 1.29 is 4.79 Å². The molecule has 1 amide bonds. The van der Waals surface area contributed by atoms with Crippen molar-refractivity contribution in [2.24, 2.45) is 5.73 Å². The third-order valence-corrected chi connectivity index (χ3v) is 4.67. The van der Waals surface area contributed by atoms with Crippen molar-refractivity contribution >= 4 is 17.7 Å². The molecule has 1 heterocycles. The van der Waals surface area contributed by atoms with Gasteiger partial charge in [0.05, 0.1) is 11.8 Å². The minimum atomic E-state index is -0.372. The number of hydrogen-bond acceptors (Lipinski definition) is 4. The van der Waals surface area contributed by atoms with E-state index in [1.807, 2.05) is 48.5 Å². The predicted molar refractivity (Wildman–Crippen MR) is 95.6 cm³/mol. The fraction of sp³-hybridized carbons (Fsp3) is 0.167. The summed E-state index contributed by atoms with van der Waals surface area (Å²) < 4.78 is 2.05. The molecule has 0 aliphatic heterocycles. The molecule has 0 aliphatic carbocycles. The smallest absolute Gasteiger partial charge is 0.227 e. The minimum absolute atomic E-state index is 0.0341. The van der Waals surface area contributed by atoms with Crippen LogP contribution in [0.25, 0.3) is 11.4 Å². The first-order valence-electron chi connectivity index (χ1n) is 7.63. The first kappa shape index (κ1) is 16.3. The zero-order valence-corrected chi connectivity index (χ0v) is 14.1. The maximum Gasteiger partial charge on any atom is 0.227 e. The molecule has 0 saturated carbocycles. The highest BCUT2D eigenvalue weighted by atomic mass is 32.2. The SMILES string of the molecule is CC(c1ccccc1)n1c(SCC(N)=O)nnc1-c1ccccc1. The molecule has 122 valence electrons. The number of primary amides is 1. The number of carbonyl (C=O) groups is 1. The van der Waals surface area contributed by atoms with Gasteiger partial charge in [0, 0.05) is 5.56 Å². The third kappa shape index (κ3) is 3.49. The number of nitrogens with two attached hydrogens (primary N) is 1. The lowest BCUT2D eigenvalue weighted by atomic mass is 10.1. The molecule has 3 rings (SSSR count). The Morgan fingerprint density at radius 2 is 1.71 bits per heavy atom. The maximum absolute atomic E-state index is 11.1. The van der Waals surface area contributed by atoms with Gasteiger partial charge in [-0.1, -0.05) is 72.4 Å². The molecule has 0 radical (unpaired) electrons. The average Bonchev–Trinajstić information content (AvgIpc) is 3.04. The second-order valence-electron chi connectivity index (χ2n) is 5.38. The lowest BCUT2D eigenvalue weighted by Gasteiger charge is -2.18. The number of nitrogens with zero attached hydrogens (tertiary/aromatic N) is 3. The van der Waals surface area contributed by atoms with E-state index in [2.05, 4.69) is 33.8 Å². The summed E-state index contributed by atoms with van der Waals surface area (Å²) in [5.41, 5.74) is 7.41. The minimum Gasteiger partial charge on any atom is -0.369 e. The van der Waals surface area contributed by atoms with Crippen LogP contribution in [0.1, 0.15) is 18.5 Å². The van der Waals surface area contributed by atoms with Crippen molar-refractivity contribution in [3.05, 3.63) is 66.2 Å². The van der Waals surface area contributed by atoms with Gasteiger partial charge in [0.1, 0.15) is 0 Å². The van der Waals surface area contributed by atoms with E-state index in [9.17, 15) is 4.79 Å². The van der Waals surface area contributed by atoms with Gasteiger partial charge in [-0.25, -0.2) is 0 Å². The van der Waals surface area contributed by atoms with Gasteiger partial charge in [-0.2, -0.15) is 0 Å². The topological polar surface area (TPSA) is 73.8 Å². The van der Waals surface area contributed by atoms with E-state index in [1.165, 1.54) is 11.8 Å². The van der Waals surface area contributed by atoms with Crippen LogP contribution in [0, 0.1) is 0 Å². The van der Waals surface area contributed by atoms with Crippen LogP contribution in [0.2, 0.25) is 0 Å². The Balaban J connectivity index is 2.05. The second-order valence-corrected chi connectivity index (χ2v) is 6.33. The Bertz CT molecular complexity index is 818. The highest BCUT2D eigenvalue weighted by Gasteiger charge is 2.20. The van der Waals surface area contributed by atoms with E-state index in [0.29, 0.717) is 5.16 Å². The number of amides is 1. The van der Waals surface area contributed by atoms with Crippen LogP contribution in [-0.2, 0) is 4.79 Å². The van der Waals surface area contributed by atoms with Crippen LogP contribution in [0.4, 0.5) is 0 Å². The lowest BCUT2D eigenvalue weighted by Crippen LogP contribution is -2.15. The highest BCUT2D eigenvalue weighted by Crippen LogP contribution is 2.30. The summed E-state index contributed by atoms with van der Waals surface area (Å²) >= 11 is 1.31. The van der Waals surface area contributed by atoms with Crippen LogP contribution in [0.3, 0.4) is 0 Å². The molecule has 24 heavy (non-hydrogen) atoms. The van der Waals surface area contributed by atoms with Crippen molar-refractivity contribution in [3.63, 3.8) is 0 Å². The number of carbonyl (C=O) groups excluding carboxylic acids is 1. The zero-order chi connectivity index (χ0) is 16.9. The van der Waals surface area contributed by atoms with E-state index >= 15 is 0 Å². The highest BCUT2D eigenvalue weighted by molar-refractivity contribution is 7.99. The first-order chi connectivity index (χ1) is 11.7. The fourth-order valence-electron chi connectivity index (χ4n) is 2.52. The number of aromatic nitrogens is 3. The van der Waals surface area contributed by atoms with Crippen LogP contribution in [0.5, 0.6) is 0 Å². The quantitative estimate of drug-likeness (QED) is 0.701. The molecule has 1 atom stereocenters. The lowest BCUT2D eigenvalue weighted by molar-refractivity contribution is -0.115. The van der Waals surface area contributed by atoms with Gasteiger partial charge in [-0.15, -0.1) is 10.2 Å². The zero-order valence-electron chi connectivity index (χ0n) is 13.3. The van der Waals surface area contributed by atoms with E-state index in [-0.39, 0.29) is 17.7 Å². The molecule has 3 aromatic rings. The molecule has 6 heteroatoms. The molecule has 0 bridgehead atoms. The standard InChI is InChI=1S/C18H18N4OS/c1-13(14-8-4-2-5-9-14)22-17(15-10-6-3-7-11-15)20-21-18(22)24-12-16(19)23/h2-11,13H,12H2,1H3,(H2,19,23). The summed E-state index contributed by atoms with van der Waals surface area (Å²) in [6.07, 6.45) is 0. The molecule has 1 aromatic heterocycles. The normalized spacial score (nSPS) is 12.0. The summed E-state index contributed by atoms with van der Waals surface area (Å²) in [5, 5.41) is 9.31. The number of hydrogen-bond donors (Lipinski definition) is 1. The Labute approximate surface area is 144 Å². The molecule has 0 aliphatic rings. The summed E-state index contributed by atoms with van der Waals surface area (Å²) in [5.74, 6) is 0.580. The van der Waals surface area contributed by atoms with Gasteiger partial charge in [0.15, 0.2) is 11.0 Å². The Morgan fingerprint density at radius 3 is 2.33 bits per heavy atom. The van der Waals surface area contributed by atoms with E-state index in [4.69, 9.17) is 5.73 Å². The summed E-state index contributed by atoms with van der Waals surface area (Å²) in [4.78, 5) is 11.1. The molecule has 2 aromatic carbocycles. The molecule has 5 nitrogen and oxygen atoms in total. The molecular formula is C18H18N4OS. The second kappa shape index (κ2) is 7.31. The van der Waals surface area contributed by atoms with Crippen molar-refractivity contribution in [2.75, 3.05) is 5.75 Å². The van der Waals surface area contributed by atoms with E-state index < -0.39 is 0 Å². The Hall–Kier alpha value is -2.60. The average molecular weight is 338 g/mol. The van der Waals surface area contributed by atoms with Crippen molar-refractivity contribution in [2.45, 2.75) is 18.1 Å². The molecule has 0 fully saturated rings. The van der Waals surface area contributed by atoms with E-state index in [1.54, 1.807) is 0 Å². The molecule has 2 N–H and O–H groups in total. The van der Waals surface area contributed by atoms with Crippen molar-refractivity contribution in [1.29, 1.82) is 0 Å². The molecular weight excluding hydrogens is 320 g/mol. The number of rotatable bonds is 6. The van der Waals surface area contributed by atoms with Gasteiger partial charge in [0.25, 0.3) is 0 Å². The largest absolute Gasteiger partial charge is 0.369 e. The first-order valence-corrected chi connectivity index (χ1v) is 8.61. The predicted octanol–water partition coefficient (Wildman–Crippen LogP) is 3.13. The summed E-state index contributed by atoms with van der Waals surface area (Å²) in [6.45, 7) is 2.10. The van der Waals surface area contributed by atoms with Gasteiger partial charge < -0.3 is 5.73 Å². The van der Waals surface area contributed by atoms with Crippen molar-refractivity contribution in [1.82, 2.24) is 14.8 Å².